The Kier molecular flexibility index (Phi) is 4.47. The number of nitrogens with zero attached hydrogens (tertiary/aromatic N) is 2. The van der Waals surface area contributed by atoms with Crippen molar-refractivity contribution in [3.8, 4) is 0 Å². The molecule has 2 aromatic heterocycles. The first-order valence-corrected chi connectivity index (χ1v) is 8.94. The molecule has 6 heteroatoms. The molecular formula is C19H20N2O3S. The zero-order chi connectivity index (χ0) is 18.3. The molecule has 0 aliphatic rings. The average molecular weight is 356 g/mol. The summed E-state index contributed by atoms with van der Waals surface area (Å²) >= 11 is 1.55. The highest BCUT2D eigenvalue weighted by atomic mass is 32.1. The molecule has 0 spiro atoms. The number of rotatable bonds is 4. The third-order valence-electron chi connectivity index (χ3n) is 4.38. The monoisotopic (exact) mass is 356 g/mol. The van der Waals surface area contributed by atoms with Crippen LogP contribution in [0.15, 0.2) is 29.1 Å². The molecular weight excluding hydrogens is 336 g/mol. The standard InChI is InChI=1S/C19H20N2O3S/c1-10(2)16-20-17-15(11(3)12(4)25-17)18(22)21(16)9-13-5-7-14(8-6-13)19(23)24/h5-8,10H,9H2,1-4H3,(H,23,24). The van der Waals surface area contributed by atoms with Gasteiger partial charge in [-0.1, -0.05) is 26.0 Å². The maximum Gasteiger partial charge on any atom is 0.335 e. The zero-order valence-electron chi connectivity index (χ0n) is 14.7. The van der Waals surface area contributed by atoms with E-state index in [9.17, 15) is 9.59 Å². The maximum absolute atomic E-state index is 13.1. The van der Waals surface area contributed by atoms with E-state index < -0.39 is 5.97 Å². The van der Waals surface area contributed by atoms with Gasteiger partial charge in [-0.05, 0) is 37.1 Å². The Morgan fingerprint density at radius 1 is 1.24 bits per heavy atom. The minimum atomic E-state index is -0.959. The van der Waals surface area contributed by atoms with Crippen LogP contribution in [0.3, 0.4) is 0 Å². The van der Waals surface area contributed by atoms with Crippen molar-refractivity contribution in [1.82, 2.24) is 9.55 Å². The Morgan fingerprint density at radius 3 is 2.44 bits per heavy atom. The van der Waals surface area contributed by atoms with Gasteiger partial charge in [-0.2, -0.15) is 0 Å². The Labute approximate surface area is 149 Å². The number of carboxylic acid groups (broad SMARTS) is 1. The summed E-state index contributed by atoms with van der Waals surface area (Å²) in [6.07, 6.45) is 0. The number of aryl methyl sites for hydroxylation is 2. The van der Waals surface area contributed by atoms with Gasteiger partial charge in [0.2, 0.25) is 0 Å². The summed E-state index contributed by atoms with van der Waals surface area (Å²) in [7, 11) is 0. The van der Waals surface area contributed by atoms with Crippen LogP contribution < -0.4 is 5.56 Å². The molecule has 0 fully saturated rings. The molecule has 2 heterocycles. The van der Waals surface area contributed by atoms with Crippen molar-refractivity contribution in [2.75, 3.05) is 0 Å². The summed E-state index contributed by atoms with van der Waals surface area (Å²) in [5.74, 6) is -0.0989. The van der Waals surface area contributed by atoms with Crippen LogP contribution in [-0.4, -0.2) is 20.6 Å². The number of benzene rings is 1. The van der Waals surface area contributed by atoms with Gasteiger partial charge in [0.05, 0.1) is 17.5 Å². The topological polar surface area (TPSA) is 72.2 Å². The van der Waals surface area contributed by atoms with Crippen molar-refractivity contribution >= 4 is 27.5 Å². The van der Waals surface area contributed by atoms with Crippen LogP contribution in [0, 0.1) is 13.8 Å². The Morgan fingerprint density at radius 2 is 1.88 bits per heavy atom. The van der Waals surface area contributed by atoms with Gasteiger partial charge in [0, 0.05) is 10.8 Å². The molecule has 0 saturated heterocycles. The van der Waals surface area contributed by atoms with Gasteiger partial charge in [0.1, 0.15) is 10.7 Å². The predicted octanol–water partition coefficient (Wildman–Crippen LogP) is 3.94. The molecule has 0 bridgehead atoms. The summed E-state index contributed by atoms with van der Waals surface area (Å²) < 4.78 is 1.71. The third kappa shape index (κ3) is 3.09. The summed E-state index contributed by atoms with van der Waals surface area (Å²) in [6, 6.07) is 6.61. The van der Waals surface area contributed by atoms with Crippen LogP contribution in [0.4, 0.5) is 0 Å². The van der Waals surface area contributed by atoms with Gasteiger partial charge < -0.3 is 5.11 Å². The van der Waals surface area contributed by atoms with E-state index in [2.05, 4.69) is 0 Å². The van der Waals surface area contributed by atoms with Gasteiger partial charge in [-0.15, -0.1) is 11.3 Å². The SMILES string of the molecule is Cc1sc2nc(C(C)C)n(Cc3ccc(C(=O)O)cc3)c(=O)c2c1C. The van der Waals surface area contributed by atoms with Gasteiger partial charge in [0.25, 0.3) is 5.56 Å². The number of aromatic carboxylic acids is 1. The molecule has 1 N–H and O–H groups in total. The fourth-order valence-corrected chi connectivity index (χ4v) is 3.90. The number of hydrogen-bond acceptors (Lipinski definition) is 4. The summed E-state index contributed by atoms with van der Waals surface area (Å²) in [6.45, 7) is 8.38. The van der Waals surface area contributed by atoms with Crippen molar-refractivity contribution in [2.45, 2.75) is 40.2 Å². The van der Waals surface area contributed by atoms with Crippen molar-refractivity contribution in [3.05, 3.63) is 62.0 Å². The fourth-order valence-electron chi connectivity index (χ4n) is 2.87. The molecule has 0 saturated carbocycles. The minimum absolute atomic E-state index is 0.0298. The quantitative estimate of drug-likeness (QED) is 0.768. The Bertz CT molecular complexity index is 1010. The van der Waals surface area contributed by atoms with Crippen LogP contribution in [0.5, 0.6) is 0 Å². The third-order valence-corrected chi connectivity index (χ3v) is 5.48. The van der Waals surface area contributed by atoms with Crippen molar-refractivity contribution < 1.29 is 9.90 Å². The molecule has 0 aliphatic heterocycles. The van der Waals surface area contributed by atoms with E-state index in [1.807, 2.05) is 27.7 Å². The van der Waals surface area contributed by atoms with Gasteiger partial charge >= 0.3 is 5.97 Å². The zero-order valence-corrected chi connectivity index (χ0v) is 15.5. The lowest BCUT2D eigenvalue weighted by atomic mass is 10.1. The van der Waals surface area contributed by atoms with Crippen LogP contribution in [0.1, 0.15) is 52.0 Å². The van der Waals surface area contributed by atoms with Gasteiger partial charge in [-0.3, -0.25) is 9.36 Å². The molecule has 25 heavy (non-hydrogen) atoms. The number of thiophene rings is 1. The lowest BCUT2D eigenvalue weighted by Gasteiger charge is -2.15. The lowest BCUT2D eigenvalue weighted by molar-refractivity contribution is 0.0697. The number of fused-ring (bicyclic) bond motifs is 1. The molecule has 1 aromatic carbocycles. The average Bonchev–Trinajstić information content (AvgIpc) is 2.85. The first kappa shape index (κ1) is 17.4. The molecule has 3 rings (SSSR count). The number of hydrogen-bond donors (Lipinski definition) is 1. The minimum Gasteiger partial charge on any atom is -0.478 e. The number of carbonyl (C=O) groups is 1. The Hall–Kier alpha value is -2.47. The van der Waals surface area contributed by atoms with Crippen LogP contribution in [0.25, 0.3) is 10.2 Å². The summed E-state index contributed by atoms with van der Waals surface area (Å²) in [5.41, 5.74) is 2.07. The predicted molar refractivity (Wildman–Crippen MR) is 99.9 cm³/mol. The van der Waals surface area contributed by atoms with E-state index in [1.54, 1.807) is 40.2 Å². The van der Waals surface area contributed by atoms with E-state index in [-0.39, 0.29) is 17.0 Å². The smallest absolute Gasteiger partial charge is 0.335 e. The summed E-state index contributed by atoms with van der Waals surface area (Å²) in [5, 5.41) is 9.70. The highest BCUT2D eigenvalue weighted by molar-refractivity contribution is 7.18. The van der Waals surface area contributed by atoms with Crippen molar-refractivity contribution in [3.63, 3.8) is 0 Å². The number of aromatic nitrogens is 2. The second kappa shape index (κ2) is 6.44. The second-order valence-corrected chi connectivity index (χ2v) is 7.68. The van der Waals surface area contributed by atoms with Crippen LogP contribution in [0.2, 0.25) is 0 Å². The maximum atomic E-state index is 13.1. The Balaban J connectivity index is 2.15. The molecule has 0 unspecified atom stereocenters. The number of carboxylic acids is 1. The van der Waals surface area contributed by atoms with Gasteiger partial charge in [0.15, 0.2) is 0 Å². The molecule has 5 nitrogen and oxygen atoms in total. The van der Waals surface area contributed by atoms with E-state index in [0.29, 0.717) is 11.9 Å². The van der Waals surface area contributed by atoms with E-state index >= 15 is 0 Å². The first-order chi connectivity index (χ1) is 11.8. The largest absolute Gasteiger partial charge is 0.478 e. The normalized spacial score (nSPS) is 11.4. The highest BCUT2D eigenvalue weighted by Crippen LogP contribution is 2.27. The highest BCUT2D eigenvalue weighted by Gasteiger charge is 2.18. The molecule has 0 amide bonds. The molecule has 0 atom stereocenters. The van der Waals surface area contributed by atoms with Crippen LogP contribution in [-0.2, 0) is 6.54 Å². The molecule has 3 aromatic rings. The van der Waals surface area contributed by atoms with Crippen molar-refractivity contribution in [2.24, 2.45) is 0 Å². The second-order valence-electron chi connectivity index (χ2n) is 6.48. The van der Waals surface area contributed by atoms with Crippen LogP contribution >= 0.6 is 11.3 Å². The molecule has 0 aliphatic carbocycles. The summed E-state index contributed by atoms with van der Waals surface area (Å²) in [4.78, 5) is 30.7. The lowest BCUT2D eigenvalue weighted by Crippen LogP contribution is -2.26. The first-order valence-electron chi connectivity index (χ1n) is 8.12. The molecule has 0 radical (unpaired) electrons. The van der Waals surface area contributed by atoms with Gasteiger partial charge in [-0.25, -0.2) is 9.78 Å². The fraction of sp³-hybridized carbons (Fsp3) is 0.316. The van der Waals surface area contributed by atoms with E-state index in [1.165, 1.54) is 0 Å². The van der Waals surface area contributed by atoms with Crippen molar-refractivity contribution in [1.29, 1.82) is 0 Å². The molecule has 130 valence electrons. The van der Waals surface area contributed by atoms with E-state index in [4.69, 9.17) is 10.1 Å². The van der Waals surface area contributed by atoms with E-state index in [0.717, 1.165) is 26.7 Å².